The average molecular weight is 367 g/mol. The third-order valence-electron chi connectivity index (χ3n) is 3.23. The number of rotatable bonds is 6. The zero-order valence-electron chi connectivity index (χ0n) is 13.8. The summed E-state index contributed by atoms with van der Waals surface area (Å²) in [5.74, 6) is -0.760. The summed E-state index contributed by atoms with van der Waals surface area (Å²) in [6.07, 6.45) is -4.45. The summed E-state index contributed by atoms with van der Waals surface area (Å²) in [6.45, 7) is 1.76. The first-order valence-corrected chi connectivity index (χ1v) is 7.66. The first-order chi connectivity index (χ1) is 12.3. The van der Waals surface area contributed by atoms with Gasteiger partial charge in [0.25, 0.3) is 5.91 Å². The predicted molar refractivity (Wildman–Crippen MR) is 88.0 cm³/mol. The van der Waals surface area contributed by atoms with Gasteiger partial charge in [0.2, 0.25) is 0 Å². The minimum Gasteiger partial charge on any atom is -0.494 e. The van der Waals surface area contributed by atoms with Gasteiger partial charge in [-0.25, -0.2) is 4.79 Å². The van der Waals surface area contributed by atoms with Crippen LogP contribution in [0.2, 0.25) is 0 Å². The summed E-state index contributed by atoms with van der Waals surface area (Å²) >= 11 is 0. The fourth-order valence-corrected chi connectivity index (χ4v) is 2.01. The maximum atomic E-state index is 12.5. The normalized spacial score (nSPS) is 10.9. The zero-order valence-corrected chi connectivity index (χ0v) is 13.8. The second-order valence-corrected chi connectivity index (χ2v) is 5.16. The van der Waals surface area contributed by atoms with Gasteiger partial charge in [0, 0.05) is 5.69 Å². The first-order valence-electron chi connectivity index (χ1n) is 7.66. The van der Waals surface area contributed by atoms with E-state index < -0.39 is 30.2 Å². The number of carbonyl (C=O) groups is 2. The van der Waals surface area contributed by atoms with Crippen LogP contribution in [0.1, 0.15) is 22.8 Å². The number of ether oxygens (including phenoxy) is 2. The van der Waals surface area contributed by atoms with Crippen LogP contribution in [0.5, 0.6) is 5.75 Å². The van der Waals surface area contributed by atoms with E-state index in [4.69, 9.17) is 9.47 Å². The van der Waals surface area contributed by atoms with Crippen molar-refractivity contribution in [3.8, 4) is 5.75 Å². The lowest BCUT2D eigenvalue weighted by molar-refractivity contribution is -0.137. The Morgan fingerprint density at radius 3 is 2.15 bits per heavy atom. The van der Waals surface area contributed by atoms with E-state index in [2.05, 4.69) is 5.32 Å². The molecular weight excluding hydrogens is 351 g/mol. The molecule has 0 aliphatic heterocycles. The van der Waals surface area contributed by atoms with Crippen molar-refractivity contribution in [1.29, 1.82) is 0 Å². The highest BCUT2D eigenvalue weighted by Gasteiger charge is 2.29. The number of amides is 1. The third-order valence-corrected chi connectivity index (χ3v) is 3.23. The first kappa shape index (κ1) is 19.3. The smallest absolute Gasteiger partial charge is 0.416 e. The molecule has 8 heteroatoms. The topological polar surface area (TPSA) is 64.6 Å². The van der Waals surface area contributed by atoms with Crippen LogP contribution in [0, 0.1) is 0 Å². The minimum absolute atomic E-state index is 0.167. The monoisotopic (exact) mass is 367 g/mol. The van der Waals surface area contributed by atoms with E-state index >= 15 is 0 Å². The summed E-state index contributed by atoms with van der Waals surface area (Å²) in [5, 5.41) is 2.35. The van der Waals surface area contributed by atoms with Crippen molar-refractivity contribution in [3.05, 3.63) is 59.7 Å². The van der Waals surface area contributed by atoms with Crippen LogP contribution in [0.4, 0.5) is 18.9 Å². The molecule has 5 nitrogen and oxygen atoms in total. The molecule has 0 spiro atoms. The quantitative estimate of drug-likeness (QED) is 0.787. The molecule has 2 rings (SSSR count). The highest BCUT2D eigenvalue weighted by molar-refractivity contribution is 5.95. The standard InChI is InChI=1S/C18H16F3NO4/c1-2-25-15-9-3-12(4-10-15)17(24)26-11-16(23)22-14-7-5-13(6-8-14)18(19,20)21/h3-10H,2,11H2,1H3,(H,22,23). The van der Waals surface area contributed by atoms with Crippen molar-refractivity contribution in [2.24, 2.45) is 0 Å². The van der Waals surface area contributed by atoms with Crippen molar-refractivity contribution >= 4 is 17.6 Å². The molecule has 0 fully saturated rings. The van der Waals surface area contributed by atoms with Crippen LogP contribution < -0.4 is 10.1 Å². The van der Waals surface area contributed by atoms with E-state index in [1.54, 1.807) is 12.1 Å². The van der Waals surface area contributed by atoms with E-state index in [0.717, 1.165) is 24.3 Å². The Balaban J connectivity index is 1.85. The Morgan fingerprint density at radius 2 is 1.62 bits per heavy atom. The van der Waals surface area contributed by atoms with Crippen LogP contribution in [-0.2, 0) is 15.7 Å². The van der Waals surface area contributed by atoms with Gasteiger partial charge in [0.05, 0.1) is 17.7 Å². The molecule has 2 aromatic carbocycles. The molecule has 1 N–H and O–H groups in total. The molecule has 0 aliphatic carbocycles. The Bertz CT molecular complexity index is 756. The van der Waals surface area contributed by atoms with Gasteiger partial charge in [-0.15, -0.1) is 0 Å². The Hall–Kier alpha value is -3.03. The second-order valence-electron chi connectivity index (χ2n) is 5.16. The number of halogens is 3. The number of esters is 1. The van der Waals surface area contributed by atoms with Crippen LogP contribution in [0.25, 0.3) is 0 Å². The highest BCUT2D eigenvalue weighted by Crippen LogP contribution is 2.29. The molecule has 0 heterocycles. The van der Waals surface area contributed by atoms with Gasteiger partial charge in [0.1, 0.15) is 5.75 Å². The number of hydrogen-bond acceptors (Lipinski definition) is 4. The van der Waals surface area contributed by atoms with Crippen LogP contribution in [0.15, 0.2) is 48.5 Å². The number of anilines is 1. The molecule has 0 bridgehead atoms. The molecule has 0 saturated heterocycles. The Kier molecular flexibility index (Phi) is 6.21. The fourth-order valence-electron chi connectivity index (χ4n) is 2.01. The maximum absolute atomic E-state index is 12.5. The van der Waals surface area contributed by atoms with E-state index in [-0.39, 0.29) is 11.3 Å². The predicted octanol–water partition coefficient (Wildman–Crippen LogP) is 3.90. The van der Waals surface area contributed by atoms with Crippen molar-refractivity contribution in [1.82, 2.24) is 0 Å². The lowest BCUT2D eigenvalue weighted by Crippen LogP contribution is -2.21. The van der Waals surface area contributed by atoms with Crippen LogP contribution in [0.3, 0.4) is 0 Å². The third kappa shape index (κ3) is 5.51. The molecule has 2 aromatic rings. The fraction of sp³-hybridized carbons (Fsp3) is 0.222. The maximum Gasteiger partial charge on any atom is 0.416 e. The van der Waals surface area contributed by atoms with Crippen LogP contribution in [-0.4, -0.2) is 25.1 Å². The van der Waals surface area contributed by atoms with Gasteiger partial charge < -0.3 is 14.8 Å². The number of alkyl halides is 3. The average Bonchev–Trinajstić information content (AvgIpc) is 2.60. The molecule has 0 unspecified atom stereocenters. The zero-order chi connectivity index (χ0) is 19.2. The van der Waals surface area contributed by atoms with Gasteiger partial charge in [-0.05, 0) is 55.5 Å². The molecule has 26 heavy (non-hydrogen) atoms. The van der Waals surface area contributed by atoms with E-state index in [0.29, 0.717) is 12.4 Å². The second kappa shape index (κ2) is 8.37. The number of carbonyl (C=O) groups excluding carboxylic acids is 2. The molecule has 0 radical (unpaired) electrons. The number of benzene rings is 2. The summed E-state index contributed by atoms with van der Waals surface area (Å²) < 4.78 is 47.5. The molecule has 0 aromatic heterocycles. The van der Waals surface area contributed by atoms with Crippen molar-refractivity contribution in [2.75, 3.05) is 18.5 Å². The summed E-state index contributed by atoms with van der Waals surface area (Å²) in [5.41, 5.74) is -0.409. The van der Waals surface area contributed by atoms with Gasteiger partial charge >= 0.3 is 12.1 Å². The summed E-state index contributed by atoms with van der Waals surface area (Å²) in [6, 6.07) is 10.1. The minimum atomic E-state index is -4.45. The largest absolute Gasteiger partial charge is 0.494 e. The van der Waals surface area contributed by atoms with Gasteiger partial charge in [0.15, 0.2) is 6.61 Å². The molecule has 0 saturated carbocycles. The Labute approximate surface area is 147 Å². The molecule has 0 aliphatic rings. The Morgan fingerprint density at radius 1 is 1.00 bits per heavy atom. The van der Waals surface area contributed by atoms with E-state index in [1.165, 1.54) is 12.1 Å². The van der Waals surface area contributed by atoms with Gasteiger partial charge in [-0.2, -0.15) is 13.2 Å². The number of nitrogens with one attached hydrogen (secondary N) is 1. The van der Waals surface area contributed by atoms with E-state index in [1.807, 2.05) is 6.92 Å². The van der Waals surface area contributed by atoms with Gasteiger partial charge in [-0.1, -0.05) is 0 Å². The van der Waals surface area contributed by atoms with Crippen molar-refractivity contribution in [3.63, 3.8) is 0 Å². The lowest BCUT2D eigenvalue weighted by atomic mass is 10.2. The van der Waals surface area contributed by atoms with Crippen LogP contribution >= 0.6 is 0 Å². The molecular formula is C18H16F3NO4. The molecule has 138 valence electrons. The lowest BCUT2D eigenvalue weighted by Gasteiger charge is -2.09. The van der Waals surface area contributed by atoms with E-state index in [9.17, 15) is 22.8 Å². The number of hydrogen-bond donors (Lipinski definition) is 1. The van der Waals surface area contributed by atoms with Gasteiger partial charge in [-0.3, -0.25) is 4.79 Å². The molecule has 1 amide bonds. The SMILES string of the molecule is CCOc1ccc(C(=O)OCC(=O)Nc2ccc(C(F)(F)F)cc2)cc1. The van der Waals surface area contributed by atoms with Crippen molar-refractivity contribution in [2.45, 2.75) is 13.1 Å². The summed E-state index contributed by atoms with van der Waals surface area (Å²) in [4.78, 5) is 23.6. The molecule has 0 atom stereocenters. The highest BCUT2D eigenvalue weighted by atomic mass is 19.4. The summed E-state index contributed by atoms with van der Waals surface area (Å²) in [7, 11) is 0. The van der Waals surface area contributed by atoms with Crippen molar-refractivity contribution < 1.29 is 32.2 Å².